The average Bonchev–Trinajstić information content (AvgIpc) is 2.69. The van der Waals surface area contributed by atoms with E-state index >= 15 is 0 Å². The van der Waals surface area contributed by atoms with Gasteiger partial charge in [-0.2, -0.15) is 0 Å². The number of hydrogen-bond acceptors (Lipinski definition) is 6. The third-order valence-electron chi connectivity index (χ3n) is 4.39. The molecule has 1 amide bonds. The number of anilines is 1. The second-order valence-corrected chi connectivity index (χ2v) is 6.08. The molecule has 1 N–H and O–H groups in total. The Balaban J connectivity index is 1.57. The molecule has 0 saturated carbocycles. The van der Waals surface area contributed by atoms with Gasteiger partial charge in [0.25, 0.3) is 5.91 Å². The molecule has 1 aromatic carbocycles. The largest absolute Gasteiger partial charge is 0.493 e. The minimum Gasteiger partial charge on any atom is -0.493 e. The van der Waals surface area contributed by atoms with Gasteiger partial charge in [-0.05, 0) is 44.0 Å². The summed E-state index contributed by atoms with van der Waals surface area (Å²) in [6, 6.07) is 7.19. The lowest BCUT2D eigenvalue weighted by Crippen LogP contribution is -2.45. The van der Waals surface area contributed by atoms with Gasteiger partial charge < -0.3 is 19.7 Å². The maximum atomic E-state index is 12.6. The van der Waals surface area contributed by atoms with Crippen LogP contribution in [0.5, 0.6) is 11.5 Å². The van der Waals surface area contributed by atoms with Gasteiger partial charge in [-0.3, -0.25) is 4.79 Å². The summed E-state index contributed by atoms with van der Waals surface area (Å²) in [7, 11) is 1.57. The third-order valence-corrected chi connectivity index (χ3v) is 4.39. The van der Waals surface area contributed by atoms with E-state index in [1.807, 2.05) is 13.0 Å². The molecule has 7 nitrogen and oxygen atoms in total. The Bertz CT molecular complexity index is 731. The fourth-order valence-corrected chi connectivity index (χ4v) is 3.03. The number of methoxy groups -OCH3 is 1. The van der Waals surface area contributed by atoms with Crippen molar-refractivity contribution in [3.05, 3.63) is 42.2 Å². The first kappa shape index (κ1) is 18.0. The molecule has 26 heavy (non-hydrogen) atoms. The summed E-state index contributed by atoms with van der Waals surface area (Å²) in [6.45, 7) is 4.10. The summed E-state index contributed by atoms with van der Waals surface area (Å²) in [5.74, 6) is 1.85. The highest BCUT2D eigenvalue weighted by molar-refractivity contribution is 5.95. The summed E-state index contributed by atoms with van der Waals surface area (Å²) in [5.41, 5.74) is 0.569. The van der Waals surface area contributed by atoms with Crippen LogP contribution in [0.2, 0.25) is 0 Å². The zero-order valence-electron chi connectivity index (χ0n) is 15.1. The highest BCUT2D eigenvalue weighted by Gasteiger charge is 2.23. The molecule has 3 rings (SSSR count). The van der Waals surface area contributed by atoms with Crippen molar-refractivity contribution in [2.45, 2.75) is 25.8 Å². The first-order chi connectivity index (χ1) is 12.7. The van der Waals surface area contributed by atoms with Gasteiger partial charge >= 0.3 is 0 Å². The fraction of sp³-hybridized carbons (Fsp3) is 0.421. The van der Waals surface area contributed by atoms with E-state index < -0.39 is 0 Å². The second-order valence-electron chi connectivity index (χ2n) is 6.08. The Labute approximate surface area is 153 Å². The van der Waals surface area contributed by atoms with Crippen molar-refractivity contribution in [2.75, 3.05) is 31.7 Å². The molecule has 0 spiro atoms. The number of amides is 1. The molecule has 1 fully saturated rings. The van der Waals surface area contributed by atoms with Crippen LogP contribution in [0.25, 0.3) is 0 Å². The van der Waals surface area contributed by atoms with Gasteiger partial charge in [0.1, 0.15) is 0 Å². The molecule has 7 heteroatoms. The number of benzene rings is 1. The first-order valence-corrected chi connectivity index (χ1v) is 8.85. The van der Waals surface area contributed by atoms with Gasteiger partial charge in [-0.25, -0.2) is 9.97 Å². The molecule has 0 unspecified atom stereocenters. The summed E-state index contributed by atoms with van der Waals surface area (Å²) in [4.78, 5) is 23.3. The van der Waals surface area contributed by atoms with Gasteiger partial charge in [0.2, 0.25) is 5.95 Å². The molecule has 0 radical (unpaired) electrons. The zero-order valence-corrected chi connectivity index (χ0v) is 15.1. The Hall–Kier alpha value is -2.83. The highest BCUT2D eigenvalue weighted by Crippen LogP contribution is 2.28. The Morgan fingerprint density at radius 1 is 1.23 bits per heavy atom. The van der Waals surface area contributed by atoms with Gasteiger partial charge in [0.15, 0.2) is 11.5 Å². The predicted molar refractivity (Wildman–Crippen MR) is 98.9 cm³/mol. The van der Waals surface area contributed by atoms with Crippen molar-refractivity contribution in [1.29, 1.82) is 0 Å². The van der Waals surface area contributed by atoms with Crippen LogP contribution < -0.4 is 19.7 Å². The standard InChI is InChI=1S/C19H24N4O3/c1-3-26-16-6-5-14(13-17(16)25-2)18(24)22-15-7-11-23(12-8-15)19-20-9-4-10-21-19/h4-6,9-10,13,15H,3,7-8,11-12H2,1-2H3,(H,22,24). The van der Waals surface area contributed by atoms with Crippen molar-refractivity contribution in [1.82, 2.24) is 15.3 Å². The molecule has 1 saturated heterocycles. The van der Waals surface area contributed by atoms with Crippen molar-refractivity contribution in [3.8, 4) is 11.5 Å². The van der Waals surface area contributed by atoms with Crippen LogP contribution in [0, 0.1) is 0 Å². The van der Waals surface area contributed by atoms with Crippen LogP contribution >= 0.6 is 0 Å². The summed E-state index contributed by atoms with van der Waals surface area (Å²) < 4.78 is 10.8. The van der Waals surface area contributed by atoms with E-state index in [2.05, 4.69) is 20.2 Å². The molecular weight excluding hydrogens is 332 g/mol. The van der Waals surface area contributed by atoms with Crippen molar-refractivity contribution < 1.29 is 14.3 Å². The van der Waals surface area contributed by atoms with E-state index in [9.17, 15) is 4.79 Å². The number of rotatable bonds is 6. The average molecular weight is 356 g/mol. The minimum absolute atomic E-state index is 0.0965. The molecule has 2 heterocycles. The number of hydrogen-bond donors (Lipinski definition) is 1. The summed E-state index contributed by atoms with van der Waals surface area (Å²) in [5, 5.41) is 3.11. The van der Waals surface area contributed by atoms with Crippen LogP contribution in [0.4, 0.5) is 5.95 Å². The topological polar surface area (TPSA) is 76.6 Å². The Kier molecular flexibility index (Phi) is 5.88. The molecule has 1 aliphatic rings. The molecular formula is C19H24N4O3. The van der Waals surface area contributed by atoms with E-state index in [-0.39, 0.29) is 11.9 Å². The summed E-state index contributed by atoms with van der Waals surface area (Å²) >= 11 is 0. The smallest absolute Gasteiger partial charge is 0.251 e. The lowest BCUT2D eigenvalue weighted by atomic mass is 10.0. The van der Waals surface area contributed by atoms with Crippen molar-refractivity contribution >= 4 is 11.9 Å². The molecule has 0 bridgehead atoms. The van der Waals surface area contributed by atoms with Gasteiger partial charge in [0.05, 0.1) is 13.7 Å². The number of nitrogens with one attached hydrogen (secondary N) is 1. The molecule has 1 aliphatic heterocycles. The maximum Gasteiger partial charge on any atom is 0.251 e. The Morgan fingerprint density at radius 2 is 1.96 bits per heavy atom. The number of carbonyl (C=O) groups excluding carboxylic acids is 1. The molecule has 0 atom stereocenters. The quantitative estimate of drug-likeness (QED) is 0.856. The number of piperidine rings is 1. The normalized spacial score (nSPS) is 14.8. The predicted octanol–water partition coefficient (Wildman–Crippen LogP) is 2.28. The van der Waals surface area contributed by atoms with Crippen LogP contribution in [0.15, 0.2) is 36.7 Å². The van der Waals surface area contributed by atoms with Crippen LogP contribution in [0.1, 0.15) is 30.1 Å². The lowest BCUT2D eigenvalue weighted by molar-refractivity contribution is 0.0930. The van der Waals surface area contributed by atoms with Crippen LogP contribution in [0.3, 0.4) is 0 Å². The zero-order chi connectivity index (χ0) is 18.4. The second kappa shape index (κ2) is 8.51. The number of ether oxygens (including phenoxy) is 2. The van der Waals surface area contributed by atoms with E-state index in [0.717, 1.165) is 31.9 Å². The molecule has 0 aliphatic carbocycles. The van der Waals surface area contributed by atoms with Crippen molar-refractivity contribution in [3.63, 3.8) is 0 Å². The van der Waals surface area contributed by atoms with E-state index in [0.29, 0.717) is 23.7 Å². The summed E-state index contributed by atoms with van der Waals surface area (Å²) in [6.07, 6.45) is 5.21. The monoisotopic (exact) mass is 356 g/mol. The van der Waals surface area contributed by atoms with Crippen molar-refractivity contribution in [2.24, 2.45) is 0 Å². The molecule has 2 aromatic rings. The number of nitrogens with zero attached hydrogens (tertiary/aromatic N) is 3. The minimum atomic E-state index is -0.0965. The highest BCUT2D eigenvalue weighted by atomic mass is 16.5. The third kappa shape index (κ3) is 4.22. The van der Waals surface area contributed by atoms with Crippen LogP contribution in [-0.4, -0.2) is 48.7 Å². The van der Waals surface area contributed by atoms with Crippen LogP contribution in [-0.2, 0) is 0 Å². The van der Waals surface area contributed by atoms with E-state index in [1.54, 1.807) is 37.7 Å². The number of aromatic nitrogens is 2. The lowest BCUT2D eigenvalue weighted by Gasteiger charge is -2.32. The van der Waals surface area contributed by atoms with Gasteiger partial charge in [-0.1, -0.05) is 0 Å². The SMILES string of the molecule is CCOc1ccc(C(=O)NC2CCN(c3ncccn3)CC2)cc1OC. The fourth-order valence-electron chi connectivity index (χ4n) is 3.03. The molecule has 1 aromatic heterocycles. The number of carbonyl (C=O) groups is 1. The maximum absolute atomic E-state index is 12.6. The van der Waals surface area contributed by atoms with Gasteiger partial charge in [0, 0.05) is 37.1 Å². The van der Waals surface area contributed by atoms with E-state index in [1.165, 1.54) is 0 Å². The van der Waals surface area contributed by atoms with Gasteiger partial charge in [-0.15, -0.1) is 0 Å². The first-order valence-electron chi connectivity index (χ1n) is 8.85. The van der Waals surface area contributed by atoms with E-state index in [4.69, 9.17) is 9.47 Å². The Morgan fingerprint density at radius 3 is 2.62 bits per heavy atom. The molecule has 138 valence electrons.